The van der Waals surface area contributed by atoms with E-state index in [0.29, 0.717) is 13.1 Å². The number of hydrogen-bond acceptors (Lipinski definition) is 4. The smallest absolute Gasteiger partial charge is 0.407 e. The minimum absolute atomic E-state index is 0. The molecule has 0 saturated carbocycles. The maximum atomic E-state index is 12.0. The van der Waals surface area contributed by atoms with Crippen LogP contribution in [0.3, 0.4) is 0 Å². The van der Waals surface area contributed by atoms with Crippen LogP contribution in [-0.4, -0.2) is 53.1 Å². The zero-order chi connectivity index (χ0) is 21.0. The molecule has 0 aliphatic carbocycles. The van der Waals surface area contributed by atoms with E-state index >= 15 is 0 Å². The summed E-state index contributed by atoms with van der Waals surface area (Å²) < 4.78 is 7.13. The number of aryl methyl sites for hydroxylation is 1. The number of halogens is 1. The topological polar surface area (TPSA) is 92.6 Å². The van der Waals surface area contributed by atoms with Crippen LogP contribution in [0.4, 0.5) is 4.79 Å². The molecule has 9 heteroatoms. The fourth-order valence-electron chi connectivity index (χ4n) is 2.61. The summed E-state index contributed by atoms with van der Waals surface area (Å²) in [5.74, 6) is 0.762. The minimum Gasteiger partial charge on any atom is -0.444 e. The molecule has 1 amide bonds. The summed E-state index contributed by atoms with van der Waals surface area (Å²) >= 11 is 0. The van der Waals surface area contributed by atoms with Crippen LogP contribution >= 0.6 is 24.0 Å². The highest BCUT2D eigenvalue weighted by atomic mass is 127. The quantitative estimate of drug-likeness (QED) is 0.249. The van der Waals surface area contributed by atoms with Crippen molar-refractivity contribution in [3.8, 4) is 0 Å². The predicted molar refractivity (Wildman–Crippen MR) is 129 cm³/mol. The van der Waals surface area contributed by atoms with Gasteiger partial charge >= 0.3 is 6.09 Å². The first-order valence-electron chi connectivity index (χ1n) is 10.2. The van der Waals surface area contributed by atoms with E-state index in [1.807, 2.05) is 47.1 Å². The van der Waals surface area contributed by atoms with Crippen LogP contribution in [-0.2, 0) is 18.2 Å². The Kier molecular flexibility index (Phi) is 13.7. The van der Waals surface area contributed by atoms with E-state index < -0.39 is 11.7 Å². The van der Waals surface area contributed by atoms with Gasteiger partial charge in [-0.15, -0.1) is 24.0 Å². The molecule has 1 rings (SSSR count). The molecule has 0 aliphatic rings. The standard InChI is InChI=1S/C20H38N6O2.HI/c1-7-9-10-17(14-23-19(27)28-20(3,4)5)25-18(21-8-2)22-12-11-16-13-24-26(6)15-16;/h13,15,17H,7-12,14H2,1-6H3,(H,23,27)(H2,21,22,25);1H. The molecule has 1 unspecified atom stereocenters. The Balaban J connectivity index is 0.00000784. The summed E-state index contributed by atoms with van der Waals surface area (Å²) in [5.41, 5.74) is 0.662. The number of unbranched alkanes of at least 4 members (excludes halogenated alkanes) is 1. The Bertz CT molecular complexity index is 612. The van der Waals surface area contributed by atoms with Crippen LogP contribution in [0.25, 0.3) is 0 Å². The maximum Gasteiger partial charge on any atom is 0.407 e. The van der Waals surface area contributed by atoms with Gasteiger partial charge in [-0.3, -0.25) is 9.67 Å². The number of hydrogen-bond donors (Lipinski definition) is 3. The van der Waals surface area contributed by atoms with Crippen LogP contribution in [0.15, 0.2) is 17.4 Å². The average molecular weight is 522 g/mol. The number of aliphatic imine (C=N–C) groups is 1. The van der Waals surface area contributed by atoms with E-state index in [1.165, 1.54) is 0 Å². The van der Waals surface area contributed by atoms with Gasteiger partial charge in [0.25, 0.3) is 0 Å². The summed E-state index contributed by atoms with van der Waals surface area (Å²) in [6, 6.07) is 0.0867. The number of carbonyl (C=O) groups excluding carboxylic acids is 1. The van der Waals surface area contributed by atoms with Gasteiger partial charge in [0.1, 0.15) is 5.60 Å². The van der Waals surface area contributed by atoms with Crippen molar-refractivity contribution in [3.63, 3.8) is 0 Å². The van der Waals surface area contributed by atoms with Crippen LogP contribution in [0.1, 0.15) is 59.4 Å². The minimum atomic E-state index is -0.501. The van der Waals surface area contributed by atoms with Crippen molar-refractivity contribution in [2.24, 2.45) is 12.0 Å². The van der Waals surface area contributed by atoms with Gasteiger partial charge < -0.3 is 20.7 Å². The van der Waals surface area contributed by atoms with Crippen LogP contribution in [0.5, 0.6) is 0 Å². The molecule has 1 heterocycles. The zero-order valence-electron chi connectivity index (χ0n) is 18.7. The second kappa shape index (κ2) is 14.5. The van der Waals surface area contributed by atoms with Crippen LogP contribution in [0, 0.1) is 0 Å². The monoisotopic (exact) mass is 522 g/mol. The summed E-state index contributed by atoms with van der Waals surface area (Å²) in [6.45, 7) is 11.7. The first kappa shape index (κ1) is 27.5. The lowest BCUT2D eigenvalue weighted by Crippen LogP contribution is -2.49. The number of guanidine groups is 1. The Hall–Kier alpha value is -1.52. The Labute approximate surface area is 192 Å². The van der Waals surface area contributed by atoms with Gasteiger partial charge in [0.2, 0.25) is 0 Å². The summed E-state index contributed by atoms with van der Waals surface area (Å²) in [6.07, 6.45) is 7.42. The summed E-state index contributed by atoms with van der Waals surface area (Å²) in [4.78, 5) is 16.6. The molecule has 0 saturated heterocycles. The highest BCUT2D eigenvalue weighted by molar-refractivity contribution is 14.0. The third-order valence-corrected chi connectivity index (χ3v) is 3.91. The first-order chi connectivity index (χ1) is 13.2. The van der Waals surface area contributed by atoms with Gasteiger partial charge in [-0.05, 0) is 46.1 Å². The number of nitrogens with one attached hydrogen (secondary N) is 3. The van der Waals surface area contributed by atoms with Crippen molar-refractivity contribution >= 4 is 36.0 Å². The third-order valence-electron chi connectivity index (χ3n) is 3.91. The Morgan fingerprint density at radius 1 is 1.31 bits per heavy atom. The van der Waals surface area contributed by atoms with E-state index in [0.717, 1.165) is 43.8 Å². The molecule has 29 heavy (non-hydrogen) atoms. The molecular formula is C20H39IN6O2. The third kappa shape index (κ3) is 13.3. The Morgan fingerprint density at radius 2 is 2.03 bits per heavy atom. The van der Waals surface area contributed by atoms with Gasteiger partial charge in [0.15, 0.2) is 5.96 Å². The van der Waals surface area contributed by atoms with Gasteiger partial charge in [0.05, 0.1) is 6.20 Å². The van der Waals surface area contributed by atoms with E-state index in [2.05, 4.69) is 33.0 Å². The van der Waals surface area contributed by atoms with Crippen molar-refractivity contribution < 1.29 is 9.53 Å². The molecule has 0 aliphatic heterocycles. The van der Waals surface area contributed by atoms with Gasteiger partial charge in [0, 0.05) is 38.9 Å². The van der Waals surface area contributed by atoms with Crippen molar-refractivity contribution in [2.45, 2.75) is 71.9 Å². The Morgan fingerprint density at radius 3 is 2.59 bits per heavy atom. The molecule has 0 fully saturated rings. The molecule has 8 nitrogen and oxygen atoms in total. The number of aromatic nitrogens is 2. The molecule has 1 aromatic heterocycles. The number of rotatable bonds is 10. The average Bonchev–Trinajstić information content (AvgIpc) is 3.01. The maximum absolute atomic E-state index is 12.0. The second-order valence-corrected chi connectivity index (χ2v) is 7.90. The lowest BCUT2D eigenvalue weighted by atomic mass is 10.1. The molecule has 0 aromatic carbocycles. The number of ether oxygens (including phenoxy) is 1. The van der Waals surface area contributed by atoms with Gasteiger partial charge in [-0.25, -0.2) is 4.79 Å². The number of amides is 1. The van der Waals surface area contributed by atoms with Crippen molar-refractivity contribution in [1.82, 2.24) is 25.7 Å². The van der Waals surface area contributed by atoms with Crippen LogP contribution in [0.2, 0.25) is 0 Å². The largest absolute Gasteiger partial charge is 0.444 e. The van der Waals surface area contributed by atoms with E-state index in [9.17, 15) is 4.79 Å². The SMILES string of the molecule is CCCCC(CNC(=O)OC(C)(C)C)NC(=NCCc1cnn(C)c1)NCC.I. The lowest BCUT2D eigenvalue weighted by molar-refractivity contribution is 0.0522. The van der Waals surface area contributed by atoms with E-state index in [4.69, 9.17) is 4.74 Å². The highest BCUT2D eigenvalue weighted by Gasteiger charge is 2.18. The second-order valence-electron chi connectivity index (χ2n) is 7.90. The summed E-state index contributed by atoms with van der Waals surface area (Å²) in [7, 11) is 1.91. The molecule has 0 bridgehead atoms. The highest BCUT2D eigenvalue weighted by Crippen LogP contribution is 2.07. The molecule has 3 N–H and O–H groups in total. The van der Waals surface area contributed by atoms with Crippen molar-refractivity contribution in [1.29, 1.82) is 0 Å². The fourth-order valence-corrected chi connectivity index (χ4v) is 2.61. The normalized spacial score (nSPS) is 12.7. The number of nitrogens with zero attached hydrogens (tertiary/aromatic N) is 3. The van der Waals surface area contributed by atoms with Crippen LogP contribution < -0.4 is 16.0 Å². The molecule has 0 spiro atoms. The molecular weight excluding hydrogens is 483 g/mol. The van der Waals surface area contributed by atoms with Crippen molar-refractivity contribution in [2.75, 3.05) is 19.6 Å². The van der Waals surface area contributed by atoms with Gasteiger partial charge in [-0.2, -0.15) is 5.10 Å². The number of carbonyl (C=O) groups is 1. The van der Waals surface area contributed by atoms with E-state index in [1.54, 1.807) is 4.68 Å². The van der Waals surface area contributed by atoms with Gasteiger partial charge in [-0.1, -0.05) is 19.8 Å². The van der Waals surface area contributed by atoms with Crippen molar-refractivity contribution in [3.05, 3.63) is 18.0 Å². The predicted octanol–water partition coefficient (Wildman–Crippen LogP) is 3.22. The first-order valence-corrected chi connectivity index (χ1v) is 10.2. The van der Waals surface area contributed by atoms with E-state index in [-0.39, 0.29) is 30.0 Å². The molecule has 1 aromatic rings. The molecule has 168 valence electrons. The lowest BCUT2D eigenvalue weighted by Gasteiger charge is -2.24. The molecule has 0 radical (unpaired) electrons. The number of alkyl carbamates (subject to hydrolysis) is 1. The molecule has 1 atom stereocenters. The summed E-state index contributed by atoms with van der Waals surface area (Å²) in [5, 5.41) is 13.8. The zero-order valence-corrected chi connectivity index (χ0v) is 21.1. The fraction of sp³-hybridized carbons (Fsp3) is 0.750.